The van der Waals surface area contributed by atoms with Gasteiger partial charge in [-0.2, -0.15) is 10.2 Å². The Bertz CT molecular complexity index is 1340. The maximum Gasteiger partial charge on any atom is 0.317 e. The molecule has 3 aliphatic heterocycles. The summed E-state index contributed by atoms with van der Waals surface area (Å²) in [4.78, 5) is 17.1. The van der Waals surface area contributed by atoms with Gasteiger partial charge in [0.05, 0.1) is 23.5 Å². The van der Waals surface area contributed by atoms with Crippen LogP contribution < -0.4 is 10.7 Å². The first-order valence-corrected chi connectivity index (χ1v) is 12.9. The molecule has 1 aromatic heterocycles. The molecule has 4 heterocycles. The smallest absolute Gasteiger partial charge is 0.317 e. The summed E-state index contributed by atoms with van der Waals surface area (Å²) in [7, 11) is 1.92. The van der Waals surface area contributed by atoms with Gasteiger partial charge in [0.15, 0.2) is 0 Å². The molecule has 0 radical (unpaired) electrons. The zero-order valence-corrected chi connectivity index (χ0v) is 20.8. The monoisotopic (exact) mass is 507 g/mol. The lowest BCUT2D eigenvalue weighted by atomic mass is 9.86. The topological polar surface area (TPSA) is 77.8 Å². The quantitative estimate of drug-likeness (QED) is 0.569. The van der Waals surface area contributed by atoms with E-state index in [2.05, 4.69) is 39.1 Å². The van der Waals surface area contributed by atoms with Crippen LogP contribution in [0.15, 0.2) is 47.7 Å². The van der Waals surface area contributed by atoms with Crippen LogP contribution in [0.4, 0.5) is 13.6 Å². The van der Waals surface area contributed by atoms with Gasteiger partial charge in [-0.1, -0.05) is 12.1 Å². The Morgan fingerprint density at radius 3 is 2.81 bits per heavy atom. The van der Waals surface area contributed by atoms with Gasteiger partial charge in [-0.3, -0.25) is 9.58 Å². The van der Waals surface area contributed by atoms with Crippen LogP contribution in [-0.2, 0) is 13.6 Å². The van der Waals surface area contributed by atoms with Crippen molar-refractivity contribution in [2.75, 3.05) is 26.2 Å². The second-order valence-electron chi connectivity index (χ2n) is 10.3. The highest BCUT2D eigenvalue weighted by atomic mass is 19.1. The number of hydrogen-bond acceptors (Lipinski definition) is 5. The Hall–Kier alpha value is -3.53. The fourth-order valence-corrected chi connectivity index (χ4v) is 5.89. The molecular formula is C27H31F2N7O. The van der Waals surface area contributed by atoms with Crippen molar-refractivity contribution in [2.45, 2.75) is 37.9 Å². The summed E-state index contributed by atoms with van der Waals surface area (Å²) in [5, 5.41) is 13.2. The van der Waals surface area contributed by atoms with Crippen LogP contribution in [0.25, 0.3) is 10.9 Å². The van der Waals surface area contributed by atoms with E-state index in [0.717, 1.165) is 48.0 Å². The number of rotatable bonds is 4. The fourth-order valence-electron chi connectivity index (χ4n) is 5.89. The standard InChI is InChI=1S/C27H31F2N7O/c1-34-25-8-7-17(12-18(25)13-30-34)26-21-16-36(11-9-24(21)32-33-26)27(37)31-19-4-3-10-35(14-19)15-20-22(28)5-2-6-23(20)29/h2,5-8,12-13,19,21,24,32H,3-4,9-11,14-16H2,1H3,(H,31,37). The Labute approximate surface area is 214 Å². The average molecular weight is 508 g/mol. The number of aromatic nitrogens is 2. The van der Waals surface area contributed by atoms with Gasteiger partial charge in [-0.15, -0.1) is 0 Å². The molecule has 0 aliphatic carbocycles. The lowest BCUT2D eigenvalue weighted by molar-refractivity contribution is 0.147. The number of benzene rings is 2. The first kappa shape index (κ1) is 23.8. The minimum Gasteiger partial charge on any atom is -0.334 e. The number of nitrogens with one attached hydrogen (secondary N) is 2. The van der Waals surface area contributed by atoms with Crippen molar-refractivity contribution in [2.24, 2.45) is 18.1 Å². The Morgan fingerprint density at radius 1 is 1.14 bits per heavy atom. The molecule has 2 saturated heterocycles. The highest BCUT2D eigenvalue weighted by Crippen LogP contribution is 2.28. The van der Waals surface area contributed by atoms with Crippen molar-refractivity contribution >= 4 is 22.6 Å². The van der Waals surface area contributed by atoms with E-state index in [1.54, 1.807) is 0 Å². The predicted octanol–water partition coefficient (Wildman–Crippen LogP) is 3.22. The number of carbonyl (C=O) groups excluding carboxylic acids is 1. The van der Waals surface area contributed by atoms with Gasteiger partial charge in [0.2, 0.25) is 0 Å². The normalized spacial score (nSPS) is 24.0. The van der Waals surface area contributed by atoms with Crippen molar-refractivity contribution < 1.29 is 13.6 Å². The predicted molar refractivity (Wildman–Crippen MR) is 137 cm³/mol. The van der Waals surface area contributed by atoms with Gasteiger partial charge in [-0.05, 0) is 55.6 Å². The molecule has 6 rings (SSSR count). The third-order valence-corrected chi connectivity index (χ3v) is 7.92. The van der Waals surface area contributed by atoms with E-state index in [0.29, 0.717) is 19.6 Å². The van der Waals surface area contributed by atoms with Gasteiger partial charge in [0.1, 0.15) is 11.6 Å². The largest absolute Gasteiger partial charge is 0.334 e. The van der Waals surface area contributed by atoms with E-state index >= 15 is 0 Å². The second-order valence-corrected chi connectivity index (χ2v) is 10.3. The molecule has 194 valence electrons. The van der Waals surface area contributed by atoms with Crippen LogP contribution in [0.5, 0.6) is 0 Å². The van der Waals surface area contributed by atoms with Crippen LogP contribution in [0, 0.1) is 17.6 Å². The zero-order chi connectivity index (χ0) is 25.5. The van der Waals surface area contributed by atoms with Gasteiger partial charge in [-0.25, -0.2) is 13.6 Å². The molecule has 0 bridgehead atoms. The summed E-state index contributed by atoms with van der Waals surface area (Å²) in [6.45, 7) is 2.76. The molecule has 3 unspecified atom stereocenters. The lowest BCUT2D eigenvalue weighted by Crippen LogP contribution is -2.56. The Balaban J connectivity index is 1.09. The third-order valence-electron chi connectivity index (χ3n) is 7.92. The molecule has 2 aromatic carbocycles. The molecule has 10 heteroatoms. The van der Waals surface area contributed by atoms with Crippen molar-refractivity contribution in [3.8, 4) is 0 Å². The summed E-state index contributed by atoms with van der Waals surface area (Å²) in [6, 6.07) is 10.3. The van der Waals surface area contributed by atoms with Gasteiger partial charge < -0.3 is 15.6 Å². The molecule has 0 spiro atoms. The molecule has 3 aliphatic rings. The van der Waals surface area contributed by atoms with E-state index in [9.17, 15) is 13.6 Å². The molecule has 3 aromatic rings. The van der Waals surface area contributed by atoms with E-state index in [-0.39, 0.29) is 36.1 Å². The fraction of sp³-hybridized carbons (Fsp3) is 0.444. The zero-order valence-electron chi connectivity index (χ0n) is 20.8. The molecule has 0 saturated carbocycles. The first-order chi connectivity index (χ1) is 18.0. The maximum atomic E-state index is 14.1. The lowest BCUT2D eigenvalue weighted by Gasteiger charge is -2.38. The average Bonchev–Trinajstić information content (AvgIpc) is 3.49. The van der Waals surface area contributed by atoms with Crippen molar-refractivity contribution in [3.63, 3.8) is 0 Å². The van der Waals surface area contributed by atoms with E-state index < -0.39 is 11.6 Å². The summed E-state index contributed by atoms with van der Waals surface area (Å²) in [5.74, 6) is -0.945. The summed E-state index contributed by atoms with van der Waals surface area (Å²) in [6.07, 6.45) is 4.39. The third kappa shape index (κ3) is 4.66. The molecule has 2 amide bonds. The summed E-state index contributed by atoms with van der Waals surface area (Å²) >= 11 is 0. The van der Waals surface area contributed by atoms with Gasteiger partial charge >= 0.3 is 6.03 Å². The highest BCUT2D eigenvalue weighted by molar-refractivity contribution is 6.06. The number of aryl methyl sites for hydroxylation is 1. The number of amides is 2. The Morgan fingerprint density at radius 2 is 1.97 bits per heavy atom. The number of fused-ring (bicyclic) bond motifs is 2. The molecule has 2 N–H and O–H groups in total. The van der Waals surface area contributed by atoms with E-state index in [4.69, 9.17) is 0 Å². The van der Waals surface area contributed by atoms with Crippen LogP contribution in [-0.4, -0.2) is 69.6 Å². The number of likely N-dealkylation sites (tertiary alicyclic amines) is 2. The summed E-state index contributed by atoms with van der Waals surface area (Å²) < 4.78 is 30.1. The molecule has 3 atom stereocenters. The number of halogens is 2. The van der Waals surface area contributed by atoms with Gasteiger partial charge in [0.25, 0.3) is 0 Å². The summed E-state index contributed by atoms with van der Waals surface area (Å²) in [5.41, 5.74) is 6.45. The maximum absolute atomic E-state index is 14.1. The van der Waals surface area contributed by atoms with E-state index in [1.165, 1.54) is 18.2 Å². The van der Waals surface area contributed by atoms with Crippen LogP contribution >= 0.6 is 0 Å². The SMILES string of the molecule is Cn1ncc2cc(C3=NNC4CCN(C(=O)NC5CCCN(Cc6c(F)cccc6F)C5)CC34)ccc21. The highest BCUT2D eigenvalue weighted by Gasteiger charge is 2.39. The van der Waals surface area contributed by atoms with Crippen molar-refractivity contribution in [1.29, 1.82) is 0 Å². The minimum atomic E-state index is -0.528. The number of urea groups is 1. The minimum absolute atomic E-state index is 0.0587. The molecule has 8 nitrogen and oxygen atoms in total. The number of hydrogen-bond donors (Lipinski definition) is 2. The number of carbonyl (C=O) groups is 1. The number of hydrazone groups is 1. The first-order valence-electron chi connectivity index (χ1n) is 12.9. The number of nitrogens with zero attached hydrogens (tertiary/aromatic N) is 5. The van der Waals surface area contributed by atoms with Crippen LogP contribution in [0.1, 0.15) is 30.4 Å². The van der Waals surface area contributed by atoms with Crippen molar-refractivity contribution in [1.82, 2.24) is 30.3 Å². The van der Waals surface area contributed by atoms with Crippen LogP contribution in [0.3, 0.4) is 0 Å². The molecule has 37 heavy (non-hydrogen) atoms. The molecule has 2 fully saturated rings. The van der Waals surface area contributed by atoms with E-state index in [1.807, 2.05) is 27.7 Å². The van der Waals surface area contributed by atoms with Crippen LogP contribution in [0.2, 0.25) is 0 Å². The van der Waals surface area contributed by atoms with Gasteiger partial charge in [0, 0.05) is 56.1 Å². The van der Waals surface area contributed by atoms with Crippen molar-refractivity contribution in [3.05, 3.63) is 65.4 Å². The number of piperidine rings is 2. The Kier molecular flexibility index (Phi) is 6.27. The molecular weight excluding hydrogens is 476 g/mol. The second kappa shape index (κ2) is 9.74.